The Morgan fingerprint density at radius 3 is 2.38 bits per heavy atom. The van der Waals surface area contributed by atoms with Crippen LogP contribution < -0.4 is 5.43 Å². The number of nitrogens with zero attached hydrogens (tertiary/aromatic N) is 4. The average Bonchev–Trinajstić information content (AvgIpc) is 3.24. The molecule has 0 bridgehead atoms. The molecule has 1 amide bonds. The highest BCUT2D eigenvalue weighted by Gasteiger charge is 2.12. The van der Waals surface area contributed by atoms with E-state index in [2.05, 4.69) is 15.6 Å². The first-order valence-electron chi connectivity index (χ1n) is 9.50. The molecule has 1 heterocycles. The summed E-state index contributed by atoms with van der Waals surface area (Å²) in [7, 11) is 0. The lowest BCUT2D eigenvalue weighted by Crippen LogP contribution is -2.17. The molecule has 8 nitrogen and oxygen atoms in total. The fraction of sp³-hybridized carbons (Fsp3) is 0. The van der Waals surface area contributed by atoms with Crippen molar-refractivity contribution in [1.29, 1.82) is 0 Å². The monoisotopic (exact) mass is 445 g/mol. The number of rotatable bonds is 6. The van der Waals surface area contributed by atoms with Crippen molar-refractivity contribution in [2.24, 2.45) is 5.10 Å². The molecule has 0 saturated heterocycles. The molecule has 158 valence electrons. The van der Waals surface area contributed by atoms with Gasteiger partial charge in [-0.2, -0.15) is 10.2 Å². The van der Waals surface area contributed by atoms with Gasteiger partial charge in [0.05, 0.1) is 16.8 Å². The quantitative estimate of drug-likeness (QED) is 0.260. The zero-order valence-corrected chi connectivity index (χ0v) is 17.3. The number of carbonyl (C=O) groups excluding carboxylic acids is 1. The molecular weight excluding hydrogens is 430 g/mol. The first kappa shape index (κ1) is 21.0. The van der Waals surface area contributed by atoms with Crippen molar-refractivity contribution in [2.75, 3.05) is 0 Å². The zero-order valence-electron chi connectivity index (χ0n) is 16.6. The normalized spacial score (nSPS) is 10.9. The van der Waals surface area contributed by atoms with Gasteiger partial charge < -0.3 is 0 Å². The highest BCUT2D eigenvalue weighted by Crippen LogP contribution is 2.24. The summed E-state index contributed by atoms with van der Waals surface area (Å²) >= 11 is 6.01. The van der Waals surface area contributed by atoms with Crippen LogP contribution in [0, 0.1) is 10.1 Å². The molecule has 0 saturated carbocycles. The van der Waals surface area contributed by atoms with Crippen LogP contribution in [0.4, 0.5) is 5.69 Å². The van der Waals surface area contributed by atoms with Crippen molar-refractivity contribution < 1.29 is 9.72 Å². The minimum absolute atomic E-state index is 0.0917. The zero-order chi connectivity index (χ0) is 22.5. The Labute approximate surface area is 187 Å². The molecule has 4 rings (SSSR count). The number of carbonyl (C=O) groups is 1. The van der Waals surface area contributed by atoms with Gasteiger partial charge >= 0.3 is 0 Å². The molecule has 1 aromatic heterocycles. The van der Waals surface area contributed by atoms with Gasteiger partial charge in [0.15, 0.2) is 0 Å². The van der Waals surface area contributed by atoms with Crippen LogP contribution in [-0.4, -0.2) is 26.8 Å². The second-order valence-electron chi connectivity index (χ2n) is 6.72. The number of hydrogen-bond acceptors (Lipinski definition) is 5. The van der Waals surface area contributed by atoms with Crippen molar-refractivity contribution in [2.45, 2.75) is 0 Å². The van der Waals surface area contributed by atoms with Gasteiger partial charge in [-0.1, -0.05) is 41.9 Å². The molecule has 0 unspecified atom stereocenters. The van der Waals surface area contributed by atoms with E-state index in [0.29, 0.717) is 16.3 Å². The van der Waals surface area contributed by atoms with Gasteiger partial charge in [-0.25, -0.2) is 10.1 Å². The molecule has 4 aromatic rings. The molecule has 32 heavy (non-hydrogen) atoms. The number of hydrazone groups is 1. The molecule has 0 spiro atoms. The molecule has 1 N–H and O–H groups in total. The lowest BCUT2D eigenvalue weighted by atomic mass is 10.1. The summed E-state index contributed by atoms with van der Waals surface area (Å²) in [5.74, 6) is -0.486. The predicted molar refractivity (Wildman–Crippen MR) is 122 cm³/mol. The summed E-state index contributed by atoms with van der Waals surface area (Å²) < 4.78 is 1.73. The Morgan fingerprint density at radius 1 is 1.03 bits per heavy atom. The first-order valence-corrected chi connectivity index (χ1v) is 9.88. The predicted octanol–water partition coefficient (Wildman–Crippen LogP) is 4.86. The Bertz CT molecular complexity index is 1280. The van der Waals surface area contributed by atoms with Gasteiger partial charge in [-0.05, 0) is 36.4 Å². The van der Waals surface area contributed by atoms with Crippen molar-refractivity contribution in [1.82, 2.24) is 15.2 Å². The minimum Gasteiger partial charge on any atom is -0.267 e. The molecule has 0 fully saturated rings. The molecule has 3 aromatic carbocycles. The first-order chi connectivity index (χ1) is 15.5. The number of amides is 1. The standard InChI is InChI=1S/C23H16ClN5O3/c24-19-10-6-16(7-11-19)22-18(15-28(27-22)20-4-2-1-3-5-20)14-25-26-23(30)17-8-12-21(13-9-17)29(31)32/h1-15H,(H,26,30). The van der Waals surface area contributed by atoms with Crippen molar-refractivity contribution in [3.05, 3.63) is 111 Å². The summed E-state index contributed by atoms with van der Waals surface area (Å²) in [6.07, 6.45) is 3.31. The van der Waals surface area contributed by atoms with Crippen molar-refractivity contribution in [3.63, 3.8) is 0 Å². The van der Waals surface area contributed by atoms with Crippen LogP contribution in [0.5, 0.6) is 0 Å². The van der Waals surface area contributed by atoms with Crippen LogP contribution in [0.15, 0.2) is 90.2 Å². The number of nitro groups is 1. The van der Waals surface area contributed by atoms with Gasteiger partial charge in [0.25, 0.3) is 11.6 Å². The number of aromatic nitrogens is 2. The van der Waals surface area contributed by atoms with Gasteiger partial charge in [0.2, 0.25) is 0 Å². The summed E-state index contributed by atoms with van der Waals surface area (Å²) in [5.41, 5.74) is 5.66. The van der Waals surface area contributed by atoms with E-state index in [1.165, 1.54) is 30.5 Å². The molecular formula is C23H16ClN5O3. The highest BCUT2D eigenvalue weighted by atomic mass is 35.5. The van der Waals surface area contributed by atoms with Gasteiger partial charge in [0.1, 0.15) is 5.69 Å². The maximum atomic E-state index is 12.3. The molecule has 9 heteroatoms. The van der Waals surface area contributed by atoms with E-state index >= 15 is 0 Å². The fourth-order valence-electron chi connectivity index (χ4n) is 2.99. The smallest absolute Gasteiger partial charge is 0.267 e. The van der Waals surface area contributed by atoms with E-state index in [-0.39, 0.29) is 11.3 Å². The fourth-order valence-corrected chi connectivity index (χ4v) is 3.11. The number of nitrogens with one attached hydrogen (secondary N) is 1. The molecule has 0 atom stereocenters. The SMILES string of the molecule is O=C(NN=Cc1cn(-c2ccccc2)nc1-c1ccc(Cl)cc1)c1ccc([N+](=O)[O-])cc1. The number of hydrogen-bond donors (Lipinski definition) is 1. The summed E-state index contributed by atoms with van der Waals surface area (Å²) in [6, 6.07) is 22.1. The molecule has 0 aliphatic rings. The van der Waals surface area contributed by atoms with Gasteiger partial charge in [-0.15, -0.1) is 0 Å². The van der Waals surface area contributed by atoms with Crippen molar-refractivity contribution in [3.8, 4) is 16.9 Å². The van der Waals surface area contributed by atoms with Crippen LogP contribution in [-0.2, 0) is 0 Å². The maximum absolute atomic E-state index is 12.3. The van der Waals surface area contributed by atoms with Crippen LogP contribution in [0.1, 0.15) is 15.9 Å². The Balaban J connectivity index is 1.59. The molecule has 0 aliphatic heterocycles. The van der Waals surface area contributed by atoms with Crippen LogP contribution in [0.25, 0.3) is 16.9 Å². The van der Waals surface area contributed by atoms with Crippen molar-refractivity contribution >= 4 is 29.4 Å². The number of para-hydroxylation sites is 1. The highest BCUT2D eigenvalue weighted by molar-refractivity contribution is 6.30. The summed E-state index contributed by atoms with van der Waals surface area (Å²) in [4.78, 5) is 22.5. The second-order valence-corrected chi connectivity index (χ2v) is 7.16. The van der Waals surface area contributed by atoms with E-state index in [0.717, 1.165) is 11.3 Å². The number of non-ortho nitro benzene ring substituents is 1. The largest absolute Gasteiger partial charge is 0.271 e. The van der Waals surface area contributed by atoms with E-state index in [4.69, 9.17) is 11.6 Å². The van der Waals surface area contributed by atoms with E-state index in [9.17, 15) is 14.9 Å². The van der Waals surface area contributed by atoms with E-state index in [1.807, 2.05) is 42.5 Å². The van der Waals surface area contributed by atoms with Gasteiger partial charge in [0, 0.05) is 40.0 Å². The van der Waals surface area contributed by atoms with Crippen LogP contribution in [0.2, 0.25) is 5.02 Å². The average molecular weight is 446 g/mol. The van der Waals surface area contributed by atoms with E-state index < -0.39 is 10.8 Å². The molecule has 0 aliphatic carbocycles. The third-order valence-electron chi connectivity index (χ3n) is 4.59. The summed E-state index contributed by atoms with van der Waals surface area (Å²) in [6.45, 7) is 0. The third kappa shape index (κ3) is 4.71. The summed E-state index contributed by atoms with van der Waals surface area (Å²) in [5, 5.41) is 20.1. The molecule has 0 radical (unpaired) electrons. The number of nitro benzene ring substituents is 1. The number of halogens is 1. The topological polar surface area (TPSA) is 102 Å². The van der Waals surface area contributed by atoms with E-state index in [1.54, 1.807) is 23.0 Å². The van der Waals surface area contributed by atoms with Crippen LogP contribution >= 0.6 is 11.6 Å². The Hall–Kier alpha value is -4.30. The lowest BCUT2D eigenvalue weighted by Gasteiger charge is -2.01. The van der Waals surface area contributed by atoms with Crippen LogP contribution in [0.3, 0.4) is 0 Å². The second kappa shape index (κ2) is 9.23. The minimum atomic E-state index is -0.525. The van der Waals surface area contributed by atoms with Gasteiger partial charge in [-0.3, -0.25) is 14.9 Å². The maximum Gasteiger partial charge on any atom is 0.271 e. The lowest BCUT2D eigenvalue weighted by molar-refractivity contribution is -0.384. The Morgan fingerprint density at radius 2 is 1.72 bits per heavy atom. The number of benzene rings is 3. The Kier molecular flexibility index (Phi) is 6.05. The third-order valence-corrected chi connectivity index (χ3v) is 4.84.